The Kier molecular flexibility index (Phi) is 3.38. The summed E-state index contributed by atoms with van der Waals surface area (Å²) in [7, 11) is 0. The minimum Gasteiger partial charge on any atom is -0.408 e. The summed E-state index contributed by atoms with van der Waals surface area (Å²) in [6.45, 7) is 1.07. The maximum absolute atomic E-state index is 11.5. The summed E-state index contributed by atoms with van der Waals surface area (Å²) in [5.74, 6) is -0.381. The van der Waals surface area contributed by atoms with Crippen LogP contribution in [0.1, 0.15) is 0 Å². The van der Waals surface area contributed by atoms with E-state index in [0.717, 1.165) is 5.52 Å². The van der Waals surface area contributed by atoms with Crippen molar-refractivity contribution in [2.75, 3.05) is 19.8 Å². The molecule has 0 unspecified atom stereocenters. The maximum Gasteiger partial charge on any atom is 0.420 e. The third-order valence-electron chi connectivity index (χ3n) is 2.27. The highest BCUT2D eigenvalue weighted by Gasteiger charge is 2.07. The van der Waals surface area contributed by atoms with Crippen molar-refractivity contribution in [1.82, 2.24) is 4.57 Å². The molecule has 0 saturated heterocycles. The van der Waals surface area contributed by atoms with Gasteiger partial charge in [-0.3, -0.25) is 4.57 Å². The molecule has 0 bridgehead atoms. The first-order chi connectivity index (χ1) is 7.83. The van der Waals surface area contributed by atoms with Crippen LogP contribution < -0.4 is 5.76 Å². The fourth-order valence-corrected chi connectivity index (χ4v) is 1.55. The molecule has 2 aromatic rings. The molecule has 0 aliphatic carbocycles. The Morgan fingerprint density at radius 1 is 1.31 bits per heavy atom. The van der Waals surface area contributed by atoms with Crippen molar-refractivity contribution in [2.45, 2.75) is 6.54 Å². The Morgan fingerprint density at radius 3 is 2.94 bits per heavy atom. The number of aromatic nitrogens is 1. The van der Waals surface area contributed by atoms with E-state index < -0.39 is 0 Å². The smallest absolute Gasteiger partial charge is 0.408 e. The van der Waals surface area contributed by atoms with Crippen molar-refractivity contribution in [1.29, 1.82) is 0 Å². The van der Waals surface area contributed by atoms with Crippen molar-refractivity contribution < 1.29 is 14.3 Å². The first kappa shape index (κ1) is 10.9. The Hall–Kier alpha value is -1.59. The normalized spacial score (nSPS) is 11.1. The number of nitrogens with zero attached hydrogens (tertiary/aromatic N) is 1. The van der Waals surface area contributed by atoms with Crippen molar-refractivity contribution >= 4 is 11.1 Å². The lowest BCUT2D eigenvalue weighted by atomic mass is 10.3. The van der Waals surface area contributed by atoms with Crippen LogP contribution >= 0.6 is 0 Å². The Bertz CT molecular complexity index is 514. The van der Waals surface area contributed by atoms with Crippen molar-refractivity contribution in [3.8, 4) is 0 Å². The molecule has 5 nitrogen and oxygen atoms in total. The fraction of sp³-hybridized carbons (Fsp3) is 0.364. The third kappa shape index (κ3) is 2.15. The molecule has 86 valence electrons. The van der Waals surface area contributed by atoms with Gasteiger partial charge in [0.25, 0.3) is 0 Å². The summed E-state index contributed by atoms with van der Waals surface area (Å²) in [5, 5.41) is 8.54. The first-order valence-electron chi connectivity index (χ1n) is 5.10. The van der Waals surface area contributed by atoms with E-state index in [1.807, 2.05) is 18.2 Å². The molecule has 0 atom stereocenters. The quantitative estimate of drug-likeness (QED) is 0.754. The minimum absolute atomic E-state index is 0.0129. The lowest BCUT2D eigenvalue weighted by Gasteiger charge is -2.02. The highest BCUT2D eigenvalue weighted by Crippen LogP contribution is 2.11. The molecule has 0 aliphatic heterocycles. The van der Waals surface area contributed by atoms with Crippen LogP contribution in [0.4, 0.5) is 0 Å². The van der Waals surface area contributed by atoms with Gasteiger partial charge in [0.15, 0.2) is 5.58 Å². The van der Waals surface area contributed by atoms with E-state index in [-0.39, 0.29) is 19.0 Å². The summed E-state index contributed by atoms with van der Waals surface area (Å²) in [6.07, 6.45) is 0. The number of rotatable bonds is 5. The predicted molar refractivity (Wildman–Crippen MR) is 58.4 cm³/mol. The molecule has 1 aromatic heterocycles. The van der Waals surface area contributed by atoms with Gasteiger partial charge in [0, 0.05) is 0 Å². The summed E-state index contributed by atoms with van der Waals surface area (Å²) in [4.78, 5) is 11.5. The Morgan fingerprint density at radius 2 is 2.12 bits per heavy atom. The van der Waals surface area contributed by atoms with Gasteiger partial charge in [0.2, 0.25) is 0 Å². The van der Waals surface area contributed by atoms with Crippen LogP contribution in [0.15, 0.2) is 33.5 Å². The van der Waals surface area contributed by atoms with E-state index in [1.165, 1.54) is 4.57 Å². The van der Waals surface area contributed by atoms with Crippen LogP contribution in [-0.4, -0.2) is 29.5 Å². The molecule has 0 amide bonds. The number of hydrogen-bond acceptors (Lipinski definition) is 4. The van der Waals surface area contributed by atoms with Crippen molar-refractivity contribution in [3.05, 3.63) is 34.8 Å². The summed E-state index contributed by atoms with van der Waals surface area (Å²) in [6, 6.07) is 7.24. The number of fused-ring (bicyclic) bond motifs is 1. The molecule has 1 heterocycles. The number of para-hydroxylation sites is 2. The fourth-order valence-electron chi connectivity index (χ4n) is 1.55. The van der Waals surface area contributed by atoms with E-state index in [4.69, 9.17) is 14.3 Å². The highest BCUT2D eigenvalue weighted by molar-refractivity contribution is 5.72. The second-order valence-corrected chi connectivity index (χ2v) is 3.32. The lowest BCUT2D eigenvalue weighted by molar-refractivity contribution is 0.0866. The standard InChI is InChI=1S/C11H13NO4/c13-6-8-15-7-5-12-9-3-1-2-4-10(9)16-11(12)14/h1-4,13H,5-8H2. The van der Waals surface area contributed by atoms with E-state index in [1.54, 1.807) is 6.07 Å². The molecule has 0 aliphatic rings. The third-order valence-corrected chi connectivity index (χ3v) is 2.27. The number of oxazole rings is 1. The van der Waals surface area contributed by atoms with Crippen LogP contribution in [0.25, 0.3) is 11.1 Å². The van der Waals surface area contributed by atoms with Crippen LogP contribution in [0.3, 0.4) is 0 Å². The van der Waals surface area contributed by atoms with Crippen molar-refractivity contribution in [2.24, 2.45) is 0 Å². The molecule has 0 radical (unpaired) electrons. The molecule has 0 saturated carbocycles. The summed E-state index contributed by atoms with van der Waals surface area (Å²) >= 11 is 0. The molecule has 0 fully saturated rings. The van der Waals surface area contributed by atoms with Crippen LogP contribution in [0.2, 0.25) is 0 Å². The van der Waals surface area contributed by atoms with Gasteiger partial charge < -0.3 is 14.3 Å². The number of aliphatic hydroxyl groups excluding tert-OH is 1. The number of ether oxygens (including phenoxy) is 1. The summed E-state index contributed by atoms with van der Waals surface area (Å²) in [5.41, 5.74) is 1.34. The lowest BCUT2D eigenvalue weighted by Crippen LogP contribution is -2.18. The van der Waals surface area contributed by atoms with E-state index in [2.05, 4.69) is 0 Å². The maximum atomic E-state index is 11.5. The second-order valence-electron chi connectivity index (χ2n) is 3.32. The van der Waals surface area contributed by atoms with Crippen LogP contribution in [0.5, 0.6) is 0 Å². The monoisotopic (exact) mass is 223 g/mol. The SMILES string of the molecule is O=c1oc2ccccc2n1CCOCCO. The molecule has 5 heteroatoms. The molecule has 16 heavy (non-hydrogen) atoms. The van der Waals surface area contributed by atoms with Gasteiger partial charge in [-0.05, 0) is 12.1 Å². The highest BCUT2D eigenvalue weighted by atomic mass is 16.5. The average Bonchev–Trinajstić information content (AvgIpc) is 2.61. The minimum atomic E-state index is -0.381. The van der Waals surface area contributed by atoms with Gasteiger partial charge >= 0.3 is 5.76 Å². The number of aliphatic hydroxyl groups is 1. The van der Waals surface area contributed by atoms with Gasteiger partial charge in [0.05, 0.1) is 31.9 Å². The largest absolute Gasteiger partial charge is 0.420 e. The second kappa shape index (κ2) is 4.96. The van der Waals surface area contributed by atoms with Gasteiger partial charge in [0.1, 0.15) is 0 Å². The molecule has 0 spiro atoms. The zero-order valence-electron chi connectivity index (χ0n) is 8.76. The number of hydrogen-bond donors (Lipinski definition) is 1. The zero-order valence-corrected chi connectivity index (χ0v) is 8.76. The van der Waals surface area contributed by atoms with Crippen LogP contribution in [0, 0.1) is 0 Å². The first-order valence-corrected chi connectivity index (χ1v) is 5.10. The van der Waals surface area contributed by atoms with Gasteiger partial charge in [-0.1, -0.05) is 12.1 Å². The average molecular weight is 223 g/mol. The van der Waals surface area contributed by atoms with Gasteiger partial charge in [-0.15, -0.1) is 0 Å². The molecular weight excluding hydrogens is 210 g/mol. The topological polar surface area (TPSA) is 64.6 Å². The zero-order chi connectivity index (χ0) is 11.4. The van der Waals surface area contributed by atoms with Crippen molar-refractivity contribution in [3.63, 3.8) is 0 Å². The van der Waals surface area contributed by atoms with Gasteiger partial charge in [-0.25, -0.2) is 4.79 Å². The van der Waals surface area contributed by atoms with E-state index >= 15 is 0 Å². The Labute approximate surface area is 91.9 Å². The Balaban J connectivity index is 2.16. The molecule has 1 aromatic carbocycles. The summed E-state index contributed by atoms with van der Waals surface area (Å²) < 4.78 is 11.7. The van der Waals surface area contributed by atoms with Gasteiger partial charge in [-0.2, -0.15) is 0 Å². The van der Waals surface area contributed by atoms with E-state index in [9.17, 15) is 4.79 Å². The predicted octanol–water partition coefficient (Wildman–Crippen LogP) is 0.603. The van der Waals surface area contributed by atoms with E-state index in [0.29, 0.717) is 18.7 Å². The molecule has 2 rings (SSSR count). The van der Waals surface area contributed by atoms with Crippen LogP contribution in [-0.2, 0) is 11.3 Å². The number of benzene rings is 1. The molecular formula is C11H13NO4. The molecule has 1 N–H and O–H groups in total.